The third-order valence-corrected chi connectivity index (χ3v) is 15.6. The van der Waals surface area contributed by atoms with E-state index in [9.17, 15) is 23.3 Å². The van der Waals surface area contributed by atoms with Crippen LogP contribution in [0.4, 0.5) is 17.1 Å². The molecule has 3 N–H and O–H groups in total. The van der Waals surface area contributed by atoms with Crippen molar-refractivity contribution in [3.63, 3.8) is 0 Å². The van der Waals surface area contributed by atoms with E-state index in [1.54, 1.807) is 41.8 Å². The lowest BCUT2D eigenvalue weighted by molar-refractivity contribution is -0.384. The van der Waals surface area contributed by atoms with E-state index in [1.165, 1.54) is 28.8 Å². The Morgan fingerprint density at radius 1 is 0.985 bits per heavy atom. The van der Waals surface area contributed by atoms with E-state index in [1.807, 2.05) is 41.9 Å². The Balaban J connectivity index is 0.914. The van der Waals surface area contributed by atoms with E-state index in [4.69, 9.17) is 16.3 Å². The molecule has 3 heterocycles. The van der Waals surface area contributed by atoms with Gasteiger partial charge in [-0.15, -0.1) is 11.3 Å². The number of sulfonamides is 1. The Kier molecular flexibility index (Phi) is 12.7. The Bertz CT molecular complexity index is 2850. The number of H-pyrrole nitrogens is 1. The van der Waals surface area contributed by atoms with Crippen molar-refractivity contribution in [3.8, 4) is 11.5 Å². The van der Waals surface area contributed by atoms with Crippen LogP contribution in [0.25, 0.3) is 16.5 Å². The number of hydrogen-bond donors (Lipinski definition) is 3. The van der Waals surface area contributed by atoms with Crippen molar-refractivity contribution in [3.05, 3.63) is 140 Å². The summed E-state index contributed by atoms with van der Waals surface area (Å²) in [5.41, 5.74) is 5.92. The molecule has 1 saturated carbocycles. The third kappa shape index (κ3) is 10.2. The highest BCUT2D eigenvalue weighted by molar-refractivity contribution is 7.90. The van der Waals surface area contributed by atoms with Crippen LogP contribution in [-0.4, -0.2) is 72.9 Å². The maximum atomic E-state index is 14.0. The van der Waals surface area contributed by atoms with Crippen LogP contribution in [0, 0.1) is 15.5 Å². The monoisotopic (exact) mass is 933 g/mol. The first-order valence-corrected chi connectivity index (χ1v) is 24.9. The number of nitro groups is 1. The zero-order chi connectivity index (χ0) is 45.3. The second kappa shape index (κ2) is 18.6. The number of piperazine rings is 1. The minimum atomic E-state index is -4.56. The van der Waals surface area contributed by atoms with Crippen LogP contribution < -0.4 is 19.7 Å². The van der Waals surface area contributed by atoms with Crippen LogP contribution in [0.3, 0.4) is 0 Å². The molecule has 1 amide bonds. The second-order valence-electron chi connectivity index (χ2n) is 18.1. The van der Waals surface area contributed by atoms with Gasteiger partial charge in [0.1, 0.15) is 17.2 Å². The molecule has 16 heteroatoms. The molecule has 0 radical (unpaired) electrons. The summed E-state index contributed by atoms with van der Waals surface area (Å²) in [5.74, 6) is 0.0664. The lowest BCUT2D eigenvalue weighted by Gasteiger charge is -2.39. The topological polar surface area (TPSA) is 163 Å². The van der Waals surface area contributed by atoms with E-state index in [0.29, 0.717) is 11.7 Å². The summed E-state index contributed by atoms with van der Waals surface area (Å²) in [6.45, 7) is 8.70. The predicted molar refractivity (Wildman–Crippen MR) is 258 cm³/mol. The fraction of sp³-hybridized carbons (Fsp3) is 0.347. The van der Waals surface area contributed by atoms with Crippen molar-refractivity contribution in [2.75, 3.05) is 42.9 Å². The molecule has 6 aromatic rings. The summed E-state index contributed by atoms with van der Waals surface area (Å²) < 4.78 is 36.2. The SMILES string of the molecule is CC1(C)CCC(CN2CCN(c3ccc(C(=O)NS(=O)(=O)c4ccc(NC5CCC(c6nccs6)CC5)c([N+](=O)[O-])c4)c(Oc4ccc5[nH]ccc5c4)c3)CC2)=C(c2ccc(Cl)cc2)C1. The summed E-state index contributed by atoms with van der Waals surface area (Å²) in [4.78, 5) is 37.7. The highest BCUT2D eigenvalue weighted by Gasteiger charge is 2.31. The van der Waals surface area contributed by atoms with E-state index >= 15 is 0 Å². The second-order valence-corrected chi connectivity index (χ2v) is 21.2. The number of ether oxygens (including phenoxy) is 1. The van der Waals surface area contributed by atoms with Crippen molar-refractivity contribution < 1.29 is 22.9 Å². The van der Waals surface area contributed by atoms with Gasteiger partial charge in [0.2, 0.25) is 0 Å². The Hall–Kier alpha value is -5.74. The zero-order valence-corrected chi connectivity index (χ0v) is 38.8. The first-order valence-electron chi connectivity index (χ1n) is 22.1. The normalized spacial score (nSPS) is 19.3. The van der Waals surface area contributed by atoms with E-state index in [0.717, 1.165) is 110 Å². The minimum absolute atomic E-state index is 0.00634. The molecule has 1 aliphatic heterocycles. The van der Waals surface area contributed by atoms with Gasteiger partial charge in [-0.1, -0.05) is 43.2 Å². The highest BCUT2D eigenvalue weighted by atomic mass is 35.5. The van der Waals surface area contributed by atoms with Crippen molar-refractivity contribution in [2.45, 2.75) is 75.6 Å². The maximum Gasteiger partial charge on any atom is 0.293 e. The molecule has 0 unspecified atom stereocenters. The molecule has 2 aliphatic carbocycles. The largest absolute Gasteiger partial charge is 0.456 e. The van der Waals surface area contributed by atoms with Crippen LogP contribution >= 0.6 is 22.9 Å². The number of anilines is 2. The van der Waals surface area contributed by atoms with Crippen molar-refractivity contribution in [1.29, 1.82) is 0 Å². The number of aromatic amines is 1. The number of carbonyl (C=O) groups excluding carboxylic acids is 1. The molecule has 13 nitrogen and oxygen atoms in total. The van der Waals surface area contributed by atoms with Gasteiger partial charge >= 0.3 is 0 Å². The Morgan fingerprint density at radius 3 is 2.51 bits per heavy atom. The molecule has 4 aromatic carbocycles. The first kappa shape index (κ1) is 44.5. The van der Waals surface area contributed by atoms with Gasteiger partial charge in [0, 0.05) is 96.2 Å². The molecule has 338 valence electrons. The number of hydrogen-bond acceptors (Lipinski definition) is 11. The number of thiazole rings is 1. The van der Waals surface area contributed by atoms with Crippen molar-refractivity contribution in [1.82, 2.24) is 19.6 Å². The quantitative estimate of drug-likeness (QED) is 0.0750. The predicted octanol–water partition coefficient (Wildman–Crippen LogP) is 11.0. The smallest absolute Gasteiger partial charge is 0.293 e. The minimum Gasteiger partial charge on any atom is -0.456 e. The summed E-state index contributed by atoms with van der Waals surface area (Å²) in [5, 5.41) is 20.3. The fourth-order valence-corrected chi connectivity index (χ4v) is 11.4. The molecule has 0 atom stereocenters. The molecule has 9 rings (SSSR count). The Morgan fingerprint density at radius 2 is 1.77 bits per heavy atom. The number of nitro benzene ring substituents is 1. The third-order valence-electron chi connectivity index (χ3n) is 13.1. The number of rotatable bonds is 13. The molecule has 2 fully saturated rings. The summed E-state index contributed by atoms with van der Waals surface area (Å²) in [7, 11) is -4.56. The fourth-order valence-electron chi connectivity index (χ4n) is 9.43. The van der Waals surface area contributed by atoms with E-state index in [-0.39, 0.29) is 28.5 Å². The molecule has 0 spiro atoms. The van der Waals surface area contributed by atoms with Gasteiger partial charge in [-0.05, 0) is 122 Å². The van der Waals surface area contributed by atoms with Crippen LogP contribution in [-0.2, 0) is 10.0 Å². The number of aromatic nitrogens is 2. The number of benzene rings is 4. The van der Waals surface area contributed by atoms with E-state index < -0.39 is 31.4 Å². The standard InChI is InChI=1S/C49H52ClN7O6S2/c1-49(2)19-17-35(42(30-49)32-3-7-36(50)8-4-32)31-55-22-24-56(25-23-55)38-11-14-41(46(28-38)63-39-12-15-43-34(27-39)18-20-51-43)47(58)54-65(61,62)40-13-16-44(45(29-40)57(59)60)53-37-9-5-33(6-10-37)48-52-21-26-64-48/h3-4,7-8,11-16,18,20-21,26-29,33,37,51,53H,5-6,9-10,17,19,22-25,30-31H2,1-2H3,(H,54,58). The maximum absolute atomic E-state index is 14.0. The molecular weight excluding hydrogens is 882 g/mol. The van der Waals surface area contributed by atoms with Crippen LogP contribution in [0.5, 0.6) is 11.5 Å². The zero-order valence-electron chi connectivity index (χ0n) is 36.4. The van der Waals surface area contributed by atoms with Crippen molar-refractivity contribution >= 4 is 72.4 Å². The highest BCUT2D eigenvalue weighted by Crippen LogP contribution is 2.44. The van der Waals surface area contributed by atoms with Gasteiger partial charge in [0.05, 0.1) is 20.4 Å². The van der Waals surface area contributed by atoms with Gasteiger partial charge in [0.25, 0.3) is 21.6 Å². The van der Waals surface area contributed by atoms with Crippen molar-refractivity contribution in [2.24, 2.45) is 5.41 Å². The number of allylic oxidation sites excluding steroid dienone is 1. The lowest BCUT2D eigenvalue weighted by Crippen LogP contribution is -2.47. The van der Waals surface area contributed by atoms with Gasteiger partial charge in [-0.2, -0.15) is 0 Å². The van der Waals surface area contributed by atoms with E-state index in [2.05, 4.69) is 55.8 Å². The van der Waals surface area contributed by atoms with Gasteiger partial charge < -0.3 is 19.9 Å². The molecule has 65 heavy (non-hydrogen) atoms. The Labute approximate surface area is 388 Å². The number of carbonyl (C=O) groups is 1. The number of nitrogens with zero attached hydrogens (tertiary/aromatic N) is 4. The van der Waals surface area contributed by atoms with Crippen LogP contribution in [0.2, 0.25) is 5.02 Å². The summed E-state index contributed by atoms with van der Waals surface area (Å²) in [6.07, 6.45) is 10.2. The van der Waals surface area contributed by atoms with Gasteiger partial charge in [-0.3, -0.25) is 19.8 Å². The van der Waals surface area contributed by atoms with Crippen LogP contribution in [0.1, 0.15) is 85.6 Å². The number of nitrogens with one attached hydrogen (secondary N) is 3. The number of amides is 1. The van der Waals surface area contributed by atoms with Gasteiger partial charge in [0.15, 0.2) is 0 Å². The molecule has 2 aromatic heterocycles. The number of halogens is 1. The molecule has 3 aliphatic rings. The molecule has 1 saturated heterocycles. The van der Waals surface area contributed by atoms with Crippen LogP contribution in [0.15, 0.2) is 113 Å². The number of fused-ring (bicyclic) bond motifs is 1. The average molecular weight is 935 g/mol. The molecular formula is C49H52ClN7O6S2. The average Bonchev–Trinajstić information content (AvgIpc) is 4.01. The first-order chi connectivity index (χ1) is 31.3. The summed E-state index contributed by atoms with van der Waals surface area (Å²) in [6, 6.07) is 24.4. The van der Waals surface area contributed by atoms with Gasteiger partial charge in [-0.25, -0.2) is 18.1 Å². The molecule has 0 bridgehead atoms. The lowest BCUT2D eigenvalue weighted by atomic mass is 9.72. The summed E-state index contributed by atoms with van der Waals surface area (Å²) >= 11 is 7.89.